The minimum Gasteiger partial charge on any atom is -0.455 e. The quantitative estimate of drug-likeness (QED) is 0.900. The van der Waals surface area contributed by atoms with Crippen LogP contribution in [0.3, 0.4) is 0 Å². The Hall–Kier alpha value is -2.11. The van der Waals surface area contributed by atoms with Gasteiger partial charge in [-0.15, -0.1) is 0 Å². The average molecular weight is 368 g/mol. The van der Waals surface area contributed by atoms with E-state index in [0.717, 1.165) is 36.9 Å². The van der Waals surface area contributed by atoms with Crippen LogP contribution >= 0.6 is 0 Å². The van der Waals surface area contributed by atoms with Crippen LogP contribution in [0.5, 0.6) is 0 Å². The van der Waals surface area contributed by atoms with E-state index in [-0.39, 0.29) is 5.91 Å². The highest BCUT2D eigenvalue weighted by Crippen LogP contribution is 2.32. The van der Waals surface area contributed by atoms with Crippen molar-refractivity contribution in [3.63, 3.8) is 0 Å². The lowest BCUT2D eigenvalue weighted by Gasteiger charge is -2.29. The second-order valence-corrected chi connectivity index (χ2v) is 8.10. The highest BCUT2D eigenvalue weighted by atomic mass is 16.4. The molecular weight excluding hydrogens is 340 g/mol. The van der Waals surface area contributed by atoms with E-state index in [1.54, 1.807) is 11.0 Å². The molecule has 2 saturated heterocycles. The Labute approximate surface area is 160 Å². The minimum atomic E-state index is -0.975. The third kappa shape index (κ3) is 3.94. The van der Waals surface area contributed by atoms with E-state index < -0.39 is 5.60 Å². The molecule has 5 nitrogen and oxygen atoms in total. The molecule has 1 atom stereocenters. The second kappa shape index (κ2) is 7.49. The molecule has 0 aliphatic carbocycles. The number of piperidine rings is 1. The van der Waals surface area contributed by atoms with Crippen LogP contribution in [0.4, 0.5) is 0 Å². The van der Waals surface area contributed by atoms with Crippen molar-refractivity contribution in [2.24, 2.45) is 5.92 Å². The van der Waals surface area contributed by atoms with Crippen LogP contribution in [-0.4, -0.2) is 47.0 Å². The summed E-state index contributed by atoms with van der Waals surface area (Å²) in [6.07, 6.45) is 2.99. The van der Waals surface area contributed by atoms with Gasteiger partial charge >= 0.3 is 0 Å². The second-order valence-electron chi connectivity index (χ2n) is 8.10. The van der Waals surface area contributed by atoms with Crippen molar-refractivity contribution in [2.45, 2.75) is 38.3 Å². The van der Waals surface area contributed by atoms with Crippen molar-refractivity contribution in [1.82, 2.24) is 9.80 Å². The molecule has 3 heterocycles. The van der Waals surface area contributed by atoms with Crippen LogP contribution in [0.2, 0.25) is 0 Å². The van der Waals surface area contributed by atoms with Gasteiger partial charge in [-0.05, 0) is 56.0 Å². The van der Waals surface area contributed by atoms with E-state index >= 15 is 0 Å². The third-order valence-corrected chi connectivity index (χ3v) is 5.97. The van der Waals surface area contributed by atoms with Crippen molar-refractivity contribution in [1.29, 1.82) is 0 Å². The fraction of sp³-hybridized carbons (Fsp3) is 0.500. The number of hydrogen-bond donors (Lipinski definition) is 1. The van der Waals surface area contributed by atoms with Crippen molar-refractivity contribution in [2.75, 3.05) is 26.2 Å². The normalized spacial score (nSPS) is 24.4. The summed E-state index contributed by atoms with van der Waals surface area (Å²) in [5.41, 5.74) is -0.114. The first-order chi connectivity index (χ1) is 13.0. The summed E-state index contributed by atoms with van der Waals surface area (Å²) in [5.74, 6) is 1.87. The van der Waals surface area contributed by atoms with Gasteiger partial charge in [-0.2, -0.15) is 0 Å². The van der Waals surface area contributed by atoms with Crippen LogP contribution in [0.1, 0.15) is 48.1 Å². The molecule has 4 rings (SSSR count). The Kier molecular flexibility index (Phi) is 5.06. The monoisotopic (exact) mass is 368 g/mol. The Balaban J connectivity index is 1.38. The summed E-state index contributed by atoms with van der Waals surface area (Å²) >= 11 is 0. The number of benzene rings is 1. The maximum Gasteiger partial charge on any atom is 0.289 e. The molecule has 1 N–H and O–H groups in total. The fourth-order valence-electron chi connectivity index (χ4n) is 4.13. The third-order valence-electron chi connectivity index (χ3n) is 5.97. The first kappa shape index (κ1) is 18.3. The smallest absolute Gasteiger partial charge is 0.289 e. The zero-order valence-electron chi connectivity index (χ0n) is 15.9. The Morgan fingerprint density at radius 3 is 2.63 bits per heavy atom. The molecule has 1 amide bonds. The van der Waals surface area contributed by atoms with Crippen LogP contribution in [0.15, 0.2) is 46.9 Å². The minimum absolute atomic E-state index is 0.139. The first-order valence-corrected chi connectivity index (χ1v) is 9.92. The maximum absolute atomic E-state index is 12.8. The topological polar surface area (TPSA) is 56.9 Å². The number of hydrogen-bond acceptors (Lipinski definition) is 4. The van der Waals surface area contributed by atoms with E-state index in [1.807, 2.05) is 36.4 Å². The van der Waals surface area contributed by atoms with Crippen LogP contribution in [-0.2, 0) is 12.1 Å². The Morgan fingerprint density at radius 2 is 1.89 bits per heavy atom. The number of carbonyl (C=O) groups is 1. The van der Waals surface area contributed by atoms with E-state index in [2.05, 4.69) is 11.8 Å². The number of furan rings is 1. The molecule has 2 aliphatic rings. The van der Waals surface area contributed by atoms with Gasteiger partial charge in [0.1, 0.15) is 11.4 Å². The summed E-state index contributed by atoms with van der Waals surface area (Å²) < 4.78 is 5.85. The molecular formula is C22H28N2O3. The van der Waals surface area contributed by atoms with E-state index in [1.165, 1.54) is 12.8 Å². The Bertz CT molecular complexity index is 780. The summed E-state index contributed by atoms with van der Waals surface area (Å²) in [6.45, 7) is 6.06. The number of carbonyl (C=O) groups excluding carboxylic acids is 1. The average Bonchev–Trinajstić information content (AvgIpc) is 3.32. The maximum atomic E-state index is 12.8. The van der Waals surface area contributed by atoms with E-state index in [9.17, 15) is 9.90 Å². The molecule has 1 aromatic heterocycles. The number of amides is 1. The summed E-state index contributed by atoms with van der Waals surface area (Å²) in [4.78, 5) is 16.9. The largest absolute Gasteiger partial charge is 0.455 e. The van der Waals surface area contributed by atoms with Gasteiger partial charge < -0.3 is 14.4 Å². The van der Waals surface area contributed by atoms with Gasteiger partial charge in [0.05, 0.1) is 13.1 Å². The zero-order chi connectivity index (χ0) is 18.9. The molecule has 144 valence electrons. The van der Waals surface area contributed by atoms with Gasteiger partial charge in [0.15, 0.2) is 5.76 Å². The Morgan fingerprint density at radius 1 is 1.15 bits per heavy atom. The zero-order valence-corrected chi connectivity index (χ0v) is 15.9. The highest BCUT2D eigenvalue weighted by Gasteiger charge is 2.40. The summed E-state index contributed by atoms with van der Waals surface area (Å²) in [7, 11) is 0. The van der Waals surface area contributed by atoms with Gasteiger partial charge in [-0.3, -0.25) is 9.69 Å². The molecule has 0 bridgehead atoms. The van der Waals surface area contributed by atoms with Crippen molar-refractivity contribution in [3.05, 3.63) is 59.5 Å². The standard InChI is InChI=1S/C22H28N2O3/c1-17-9-12-23(13-10-17)15-19-7-8-20(27-19)21(25)24-14-11-22(26,16-24)18-5-3-2-4-6-18/h2-8,17,26H,9-16H2,1H3. The van der Waals surface area contributed by atoms with Gasteiger partial charge in [-0.1, -0.05) is 37.3 Å². The lowest BCUT2D eigenvalue weighted by atomic mass is 9.93. The van der Waals surface area contributed by atoms with Gasteiger partial charge in [0.2, 0.25) is 0 Å². The number of aliphatic hydroxyl groups is 1. The molecule has 2 aromatic rings. The van der Waals surface area contributed by atoms with E-state index in [0.29, 0.717) is 25.3 Å². The van der Waals surface area contributed by atoms with Gasteiger partial charge in [0, 0.05) is 6.54 Å². The fourth-order valence-corrected chi connectivity index (χ4v) is 4.13. The molecule has 27 heavy (non-hydrogen) atoms. The molecule has 2 fully saturated rings. The molecule has 2 aliphatic heterocycles. The first-order valence-electron chi connectivity index (χ1n) is 9.92. The molecule has 0 radical (unpaired) electrons. The number of nitrogens with zero attached hydrogens (tertiary/aromatic N) is 2. The molecule has 0 saturated carbocycles. The van der Waals surface area contributed by atoms with E-state index in [4.69, 9.17) is 4.42 Å². The summed E-state index contributed by atoms with van der Waals surface area (Å²) in [5, 5.41) is 10.9. The summed E-state index contributed by atoms with van der Waals surface area (Å²) in [6, 6.07) is 13.3. The molecule has 5 heteroatoms. The van der Waals surface area contributed by atoms with Crippen molar-refractivity contribution >= 4 is 5.91 Å². The number of β-amino-alcohol motifs (C(OH)–C–C–N with tert-alkyl or cyclic N) is 1. The highest BCUT2D eigenvalue weighted by molar-refractivity contribution is 5.91. The van der Waals surface area contributed by atoms with Crippen LogP contribution in [0, 0.1) is 5.92 Å². The molecule has 1 aromatic carbocycles. The number of rotatable bonds is 4. The predicted octanol–water partition coefficient (Wildman–Crippen LogP) is 3.25. The van der Waals surface area contributed by atoms with Gasteiger partial charge in [0.25, 0.3) is 5.91 Å². The predicted molar refractivity (Wildman–Crippen MR) is 103 cm³/mol. The van der Waals surface area contributed by atoms with Crippen molar-refractivity contribution < 1.29 is 14.3 Å². The SMILES string of the molecule is CC1CCN(Cc2ccc(C(=O)N3CCC(O)(c4ccccc4)C3)o2)CC1. The lowest BCUT2D eigenvalue weighted by molar-refractivity contribution is 0.0406. The van der Waals surface area contributed by atoms with Crippen LogP contribution in [0.25, 0.3) is 0 Å². The lowest BCUT2D eigenvalue weighted by Crippen LogP contribution is -2.34. The van der Waals surface area contributed by atoms with Crippen LogP contribution < -0.4 is 0 Å². The number of likely N-dealkylation sites (tertiary alicyclic amines) is 2. The van der Waals surface area contributed by atoms with Gasteiger partial charge in [-0.25, -0.2) is 0 Å². The molecule has 1 unspecified atom stereocenters. The molecule has 0 spiro atoms. The van der Waals surface area contributed by atoms with Crippen molar-refractivity contribution in [3.8, 4) is 0 Å².